The average Bonchev–Trinajstić information content (AvgIpc) is 2.84. The number of rotatable bonds is 4. The van der Waals surface area contributed by atoms with Gasteiger partial charge in [-0.2, -0.15) is 0 Å². The van der Waals surface area contributed by atoms with E-state index >= 15 is 0 Å². The van der Waals surface area contributed by atoms with Crippen LogP contribution in [-0.4, -0.2) is 54.6 Å². The van der Waals surface area contributed by atoms with Crippen LogP contribution in [0.1, 0.15) is 6.92 Å². The highest BCUT2D eigenvalue weighted by atomic mass is 16.6. The normalized spacial score (nSPS) is 20.0. The lowest BCUT2D eigenvalue weighted by molar-refractivity contribution is -0.128. The number of ether oxygens (including phenoxy) is 3. The van der Waals surface area contributed by atoms with Gasteiger partial charge in [0.15, 0.2) is 17.3 Å². The number of hydrogen-bond acceptors (Lipinski definition) is 7. The molecule has 8 heteroatoms. The molecule has 0 bridgehead atoms. The lowest BCUT2D eigenvalue weighted by Gasteiger charge is -2.31. The first kappa shape index (κ1) is 20.3. The second kappa shape index (κ2) is 8.84. The van der Waals surface area contributed by atoms with Gasteiger partial charge in [0, 0.05) is 24.3 Å². The summed E-state index contributed by atoms with van der Waals surface area (Å²) in [7, 11) is 0. The van der Waals surface area contributed by atoms with Gasteiger partial charge >= 0.3 is 0 Å². The highest BCUT2D eigenvalue weighted by molar-refractivity contribution is 5.95. The van der Waals surface area contributed by atoms with Crippen molar-refractivity contribution >= 4 is 17.4 Å². The number of fused-ring (bicyclic) bond motifs is 1. The van der Waals surface area contributed by atoms with E-state index in [1.54, 1.807) is 6.07 Å². The number of aromatic nitrogens is 2. The number of amides is 1. The predicted octanol–water partition coefficient (Wildman–Crippen LogP) is 3.15. The van der Waals surface area contributed by atoms with Gasteiger partial charge in [-0.1, -0.05) is 24.3 Å². The van der Waals surface area contributed by atoms with Gasteiger partial charge in [-0.25, -0.2) is 0 Å². The summed E-state index contributed by atoms with van der Waals surface area (Å²) in [5, 5.41) is 11.7. The van der Waals surface area contributed by atoms with Crippen molar-refractivity contribution in [1.29, 1.82) is 0 Å². The second-order valence-electron chi connectivity index (χ2n) is 7.75. The van der Waals surface area contributed by atoms with E-state index in [1.807, 2.05) is 61.5 Å². The molecule has 0 saturated carbocycles. The van der Waals surface area contributed by atoms with E-state index in [2.05, 4.69) is 20.4 Å². The van der Waals surface area contributed by atoms with E-state index in [0.29, 0.717) is 30.4 Å². The molecule has 1 N–H and O–H groups in total. The van der Waals surface area contributed by atoms with Gasteiger partial charge in [-0.3, -0.25) is 4.79 Å². The molecule has 3 heterocycles. The first-order chi connectivity index (χ1) is 15.7. The van der Waals surface area contributed by atoms with Crippen molar-refractivity contribution < 1.29 is 19.0 Å². The standard InChI is InChI=1S/C24H24N4O4/c1-16-23(32-21-8-3-2-7-20(21)31-16)24(29)25-18-6-4-5-17(15-18)19-9-10-22(27-26-19)28-11-13-30-14-12-28/h2-10,15-16,23H,11-14H2,1H3,(H,25,29). The quantitative estimate of drug-likeness (QED) is 0.678. The van der Waals surface area contributed by atoms with Crippen molar-refractivity contribution in [1.82, 2.24) is 10.2 Å². The molecule has 1 amide bonds. The number of carbonyl (C=O) groups excluding carboxylic acids is 1. The highest BCUT2D eigenvalue weighted by Crippen LogP contribution is 2.34. The fraction of sp³-hybridized carbons (Fsp3) is 0.292. The van der Waals surface area contributed by atoms with Crippen molar-refractivity contribution in [2.75, 3.05) is 36.5 Å². The average molecular weight is 432 g/mol. The van der Waals surface area contributed by atoms with Crippen molar-refractivity contribution in [3.63, 3.8) is 0 Å². The molecule has 1 fully saturated rings. The number of nitrogens with zero attached hydrogens (tertiary/aromatic N) is 3. The first-order valence-corrected chi connectivity index (χ1v) is 10.7. The Bertz CT molecular complexity index is 1100. The lowest BCUT2D eigenvalue weighted by Crippen LogP contribution is -2.46. The Morgan fingerprint density at radius 3 is 2.50 bits per heavy atom. The maximum atomic E-state index is 12.9. The van der Waals surface area contributed by atoms with E-state index in [0.717, 1.165) is 30.2 Å². The third kappa shape index (κ3) is 4.22. The first-order valence-electron chi connectivity index (χ1n) is 10.7. The van der Waals surface area contributed by atoms with Crippen LogP contribution in [0.4, 0.5) is 11.5 Å². The zero-order valence-electron chi connectivity index (χ0n) is 17.7. The molecular weight excluding hydrogens is 408 g/mol. The van der Waals surface area contributed by atoms with Gasteiger partial charge in [0.2, 0.25) is 6.10 Å². The number of benzene rings is 2. The van der Waals surface area contributed by atoms with Crippen LogP contribution in [0, 0.1) is 0 Å². The minimum atomic E-state index is -0.749. The monoisotopic (exact) mass is 432 g/mol. The molecule has 3 aromatic rings. The molecule has 2 unspecified atom stereocenters. The Morgan fingerprint density at radius 2 is 1.75 bits per heavy atom. The Labute approximate surface area is 186 Å². The molecule has 2 aromatic carbocycles. The Morgan fingerprint density at radius 1 is 0.969 bits per heavy atom. The summed E-state index contributed by atoms with van der Waals surface area (Å²) in [6, 6.07) is 18.8. The summed E-state index contributed by atoms with van der Waals surface area (Å²) in [5.74, 6) is 1.78. The molecule has 2 atom stereocenters. The molecule has 5 rings (SSSR count). The fourth-order valence-corrected chi connectivity index (χ4v) is 3.82. The highest BCUT2D eigenvalue weighted by Gasteiger charge is 2.34. The van der Waals surface area contributed by atoms with Gasteiger partial charge in [-0.15, -0.1) is 10.2 Å². The molecule has 0 aliphatic carbocycles. The number of anilines is 2. The van der Waals surface area contributed by atoms with Crippen LogP contribution in [0.25, 0.3) is 11.3 Å². The fourth-order valence-electron chi connectivity index (χ4n) is 3.82. The summed E-state index contributed by atoms with van der Waals surface area (Å²) in [6.07, 6.45) is -1.16. The SMILES string of the molecule is CC1Oc2ccccc2OC1C(=O)Nc1cccc(-c2ccc(N3CCOCC3)nn2)c1. The summed E-state index contributed by atoms with van der Waals surface area (Å²) in [5.41, 5.74) is 2.25. The Hall–Kier alpha value is -3.65. The minimum absolute atomic E-state index is 0.266. The van der Waals surface area contributed by atoms with Gasteiger partial charge in [0.25, 0.3) is 5.91 Å². The zero-order valence-corrected chi connectivity index (χ0v) is 17.7. The summed E-state index contributed by atoms with van der Waals surface area (Å²) < 4.78 is 17.1. The van der Waals surface area contributed by atoms with Gasteiger partial charge in [-0.05, 0) is 43.3 Å². The van der Waals surface area contributed by atoms with E-state index in [-0.39, 0.29) is 5.91 Å². The molecular formula is C24H24N4O4. The van der Waals surface area contributed by atoms with Gasteiger partial charge in [0.1, 0.15) is 6.10 Å². The molecule has 164 valence electrons. The third-order valence-corrected chi connectivity index (χ3v) is 5.51. The van der Waals surface area contributed by atoms with Crippen molar-refractivity contribution in [2.24, 2.45) is 0 Å². The van der Waals surface area contributed by atoms with Crippen LogP contribution < -0.4 is 19.7 Å². The largest absolute Gasteiger partial charge is 0.482 e. The maximum absolute atomic E-state index is 12.9. The number of nitrogens with one attached hydrogen (secondary N) is 1. The van der Waals surface area contributed by atoms with Gasteiger partial charge in [0.05, 0.1) is 18.9 Å². The molecule has 2 aliphatic heterocycles. The van der Waals surface area contributed by atoms with Crippen molar-refractivity contribution in [3.05, 3.63) is 60.7 Å². The van der Waals surface area contributed by atoms with E-state index in [1.165, 1.54) is 0 Å². The number of para-hydroxylation sites is 2. The molecule has 32 heavy (non-hydrogen) atoms. The third-order valence-electron chi connectivity index (χ3n) is 5.51. The van der Waals surface area contributed by atoms with Crippen molar-refractivity contribution in [2.45, 2.75) is 19.1 Å². The number of hydrogen-bond donors (Lipinski definition) is 1. The minimum Gasteiger partial charge on any atom is -0.482 e. The topological polar surface area (TPSA) is 85.8 Å². The maximum Gasteiger partial charge on any atom is 0.269 e. The van der Waals surface area contributed by atoms with Crippen LogP contribution >= 0.6 is 0 Å². The summed E-state index contributed by atoms with van der Waals surface area (Å²) >= 11 is 0. The molecule has 1 saturated heterocycles. The second-order valence-corrected chi connectivity index (χ2v) is 7.75. The van der Waals surface area contributed by atoms with Crippen LogP contribution in [0.5, 0.6) is 11.5 Å². The molecule has 0 radical (unpaired) electrons. The summed E-state index contributed by atoms with van der Waals surface area (Å²) in [6.45, 7) is 4.84. The molecule has 8 nitrogen and oxygen atoms in total. The predicted molar refractivity (Wildman–Crippen MR) is 120 cm³/mol. The smallest absolute Gasteiger partial charge is 0.269 e. The lowest BCUT2D eigenvalue weighted by atomic mass is 10.1. The molecule has 2 aliphatic rings. The van der Waals surface area contributed by atoms with Crippen LogP contribution in [0.2, 0.25) is 0 Å². The van der Waals surface area contributed by atoms with Gasteiger partial charge < -0.3 is 24.4 Å². The van der Waals surface area contributed by atoms with E-state index < -0.39 is 12.2 Å². The zero-order chi connectivity index (χ0) is 21.9. The van der Waals surface area contributed by atoms with Crippen molar-refractivity contribution in [3.8, 4) is 22.8 Å². The molecule has 0 spiro atoms. The summed E-state index contributed by atoms with van der Waals surface area (Å²) in [4.78, 5) is 15.1. The van der Waals surface area contributed by atoms with Crippen LogP contribution in [-0.2, 0) is 9.53 Å². The molecule has 1 aromatic heterocycles. The number of carbonyl (C=O) groups is 1. The number of morpholine rings is 1. The Balaban J connectivity index is 1.28. The van der Waals surface area contributed by atoms with Crippen LogP contribution in [0.15, 0.2) is 60.7 Å². The van der Waals surface area contributed by atoms with E-state index in [9.17, 15) is 4.79 Å². The van der Waals surface area contributed by atoms with Crippen LogP contribution in [0.3, 0.4) is 0 Å². The van der Waals surface area contributed by atoms with E-state index in [4.69, 9.17) is 14.2 Å². The Kier molecular flexibility index (Phi) is 5.60.